The summed E-state index contributed by atoms with van der Waals surface area (Å²) in [6.07, 6.45) is 5.65. The van der Waals surface area contributed by atoms with E-state index >= 15 is 0 Å². The maximum Gasteiger partial charge on any atom is 0.101 e. The lowest BCUT2D eigenvalue weighted by Crippen LogP contribution is -2.49. The lowest BCUT2D eigenvalue weighted by molar-refractivity contribution is -0.0198. The van der Waals surface area contributed by atoms with E-state index in [1.54, 1.807) is 7.11 Å². The van der Waals surface area contributed by atoms with Gasteiger partial charge in [-0.3, -0.25) is 0 Å². The van der Waals surface area contributed by atoms with E-state index in [1.807, 2.05) is 0 Å². The first-order valence-corrected chi connectivity index (χ1v) is 7.58. The number of ether oxygens (including phenoxy) is 3. The molecule has 3 fully saturated rings. The molecule has 1 aliphatic carbocycles. The predicted octanol–water partition coefficient (Wildman–Crippen LogP) is 3.25. The molecule has 112 valence electrons. The van der Waals surface area contributed by atoms with Gasteiger partial charge in [0.25, 0.3) is 0 Å². The first kappa shape index (κ1) is 14.3. The van der Waals surface area contributed by atoms with Crippen molar-refractivity contribution >= 4 is 0 Å². The van der Waals surface area contributed by atoms with Crippen LogP contribution in [0.3, 0.4) is 0 Å². The molecule has 3 rings (SSSR count). The summed E-state index contributed by atoms with van der Waals surface area (Å²) in [5, 5.41) is 0. The molecule has 1 spiro atoms. The lowest BCUT2D eigenvalue weighted by Gasteiger charge is -2.39. The van der Waals surface area contributed by atoms with Crippen LogP contribution < -0.4 is 0 Å². The van der Waals surface area contributed by atoms with Crippen molar-refractivity contribution in [2.24, 2.45) is 5.92 Å². The highest BCUT2D eigenvalue weighted by Gasteiger charge is 2.70. The Hall–Kier alpha value is -0.640. The molecule has 5 atom stereocenters. The van der Waals surface area contributed by atoms with E-state index in [4.69, 9.17) is 14.2 Å². The second-order valence-corrected chi connectivity index (χ2v) is 6.95. The van der Waals surface area contributed by atoms with E-state index < -0.39 is 0 Å². The fourth-order valence-electron chi connectivity index (χ4n) is 3.89. The average molecular weight is 278 g/mol. The van der Waals surface area contributed by atoms with Gasteiger partial charge in [-0.25, -0.2) is 0 Å². The topological polar surface area (TPSA) is 34.3 Å². The number of methoxy groups -OCH3 is 1. The zero-order valence-electron chi connectivity index (χ0n) is 13.1. The summed E-state index contributed by atoms with van der Waals surface area (Å²) < 4.78 is 17.7. The number of hydrogen-bond donors (Lipinski definition) is 0. The third kappa shape index (κ3) is 2.16. The predicted molar refractivity (Wildman–Crippen MR) is 78.7 cm³/mol. The minimum absolute atomic E-state index is 0.0175. The zero-order valence-corrected chi connectivity index (χ0v) is 13.1. The molecule has 1 saturated carbocycles. The van der Waals surface area contributed by atoms with Gasteiger partial charge in [0.15, 0.2) is 0 Å². The van der Waals surface area contributed by atoms with Gasteiger partial charge in [-0.15, -0.1) is 0 Å². The molecule has 2 aliphatic heterocycles. The van der Waals surface area contributed by atoms with E-state index in [0.717, 1.165) is 25.9 Å². The SMILES string of the molecule is C=C1CC[C@]2(CO2)[C@@H]([C@@]2(C)O[C@@H]2CC=C(C)C)[C@@H]1OC. The van der Waals surface area contributed by atoms with Crippen molar-refractivity contribution in [2.45, 2.75) is 63.4 Å². The van der Waals surface area contributed by atoms with Crippen LogP contribution in [0, 0.1) is 5.92 Å². The van der Waals surface area contributed by atoms with Gasteiger partial charge in [0.05, 0.1) is 24.7 Å². The Kier molecular flexibility index (Phi) is 3.35. The summed E-state index contributed by atoms with van der Waals surface area (Å²) >= 11 is 0. The Balaban J connectivity index is 1.80. The Morgan fingerprint density at radius 3 is 2.75 bits per heavy atom. The average Bonchev–Trinajstić information content (AvgIpc) is 3.29. The quantitative estimate of drug-likeness (QED) is 0.585. The van der Waals surface area contributed by atoms with Crippen molar-refractivity contribution < 1.29 is 14.2 Å². The zero-order chi connectivity index (χ0) is 14.5. The van der Waals surface area contributed by atoms with Crippen molar-refractivity contribution in [1.82, 2.24) is 0 Å². The van der Waals surface area contributed by atoms with Gasteiger partial charge in [0.2, 0.25) is 0 Å². The van der Waals surface area contributed by atoms with Crippen molar-refractivity contribution in [3.63, 3.8) is 0 Å². The van der Waals surface area contributed by atoms with E-state index in [-0.39, 0.29) is 29.3 Å². The third-order valence-electron chi connectivity index (χ3n) is 5.25. The Labute approximate surface area is 122 Å². The van der Waals surface area contributed by atoms with Crippen molar-refractivity contribution in [1.29, 1.82) is 0 Å². The molecular weight excluding hydrogens is 252 g/mol. The molecule has 3 heteroatoms. The largest absolute Gasteiger partial charge is 0.377 e. The monoisotopic (exact) mass is 278 g/mol. The van der Waals surface area contributed by atoms with Gasteiger partial charge >= 0.3 is 0 Å². The van der Waals surface area contributed by atoms with Crippen LogP contribution in [-0.4, -0.2) is 37.1 Å². The van der Waals surface area contributed by atoms with E-state index in [9.17, 15) is 0 Å². The molecule has 0 unspecified atom stereocenters. The molecule has 3 aliphatic rings. The first-order chi connectivity index (χ1) is 9.43. The molecule has 0 aromatic heterocycles. The molecule has 0 radical (unpaired) electrons. The van der Waals surface area contributed by atoms with E-state index in [2.05, 4.69) is 33.4 Å². The van der Waals surface area contributed by atoms with Gasteiger partial charge in [0.1, 0.15) is 11.2 Å². The molecule has 20 heavy (non-hydrogen) atoms. The highest BCUT2D eigenvalue weighted by atomic mass is 16.6. The number of epoxide rings is 2. The van der Waals surface area contributed by atoms with Crippen molar-refractivity contribution in [2.75, 3.05) is 13.7 Å². The maximum atomic E-state index is 6.10. The van der Waals surface area contributed by atoms with Gasteiger partial charge in [-0.1, -0.05) is 18.2 Å². The molecule has 0 amide bonds. The number of hydrogen-bond acceptors (Lipinski definition) is 3. The standard InChI is InChI=1S/C17H26O3/c1-11(2)6-7-13-16(4,20-13)15-14(18-5)12(3)8-9-17(15)10-19-17/h6,13-15H,3,7-10H2,1-2,4-5H3/t13-,14-,15-,16+,17+/m1/s1. The van der Waals surface area contributed by atoms with Gasteiger partial charge in [0, 0.05) is 7.11 Å². The minimum atomic E-state index is -0.132. The van der Waals surface area contributed by atoms with Crippen LogP contribution in [0.25, 0.3) is 0 Å². The number of rotatable bonds is 4. The normalized spacial score (nSPS) is 46.4. The first-order valence-electron chi connectivity index (χ1n) is 7.58. The summed E-state index contributed by atoms with van der Waals surface area (Å²) in [7, 11) is 1.78. The molecule has 0 bridgehead atoms. The third-order valence-corrected chi connectivity index (χ3v) is 5.25. The van der Waals surface area contributed by atoms with Gasteiger partial charge in [-0.2, -0.15) is 0 Å². The van der Waals surface area contributed by atoms with Gasteiger partial charge in [-0.05, 0) is 45.6 Å². The Morgan fingerprint density at radius 1 is 1.50 bits per heavy atom. The van der Waals surface area contributed by atoms with Crippen LogP contribution in [0.4, 0.5) is 0 Å². The fourth-order valence-corrected chi connectivity index (χ4v) is 3.89. The number of allylic oxidation sites excluding steroid dienone is 1. The molecule has 2 heterocycles. The van der Waals surface area contributed by atoms with Crippen molar-refractivity contribution in [3.05, 3.63) is 23.8 Å². The smallest absolute Gasteiger partial charge is 0.101 e. The van der Waals surface area contributed by atoms with Crippen LogP contribution in [-0.2, 0) is 14.2 Å². The summed E-state index contributed by atoms with van der Waals surface area (Å²) in [6.45, 7) is 11.5. The lowest BCUT2D eigenvalue weighted by atomic mass is 9.68. The van der Waals surface area contributed by atoms with Crippen LogP contribution >= 0.6 is 0 Å². The molecule has 0 aromatic carbocycles. The van der Waals surface area contributed by atoms with Crippen LogP contribution in [0.15, 0.2) is 23.8 Å². The summed E-state index contributed by atoms with van der Waals surface area (Å²) in [6, 6.07) is 0. The second kappa shape index (κ2) is 4.69. The second-order valence-electron chi connectivity index (χ2n) is 6.95. The molecule has 3 nitrogen and oxygen atoms in total. The fraction of sp³-hybridized carbons (Fsp3) is 0.765. The Morgan fingerprint density at radius 2 is 2.20 bits per heavy atom. The molecule has 2 saturated heterocycles. The van der Waals surface area contributed by atoms with Crippen molar-refractivity contribution in [3.8, 4) is 0 Å². The van der Waals surface area contributed by atoms with E-state index in [1.165, 1.54) is 11.1 Å². The minimum Gasteiger partial charge on any atom is -0.377 e. The highest BCUT2D eigenvalue weighted by molar-refractivity contribution is 5.26. The van der Waals surface area contributed by atoms with Gasteiger partial charge < -0.3 is 14.2 Å². The Bertz CT molecular complexity index is 445. The van der Waals surface area contributed by atoms with E-state index in [0.29, 0.717) is 0 Å². The van der Waals surface area contributed by atoms with Crippen LogP contribution in [0.1, 0.15) is 40.0 Å². The molecular formula is C17H26O3. The molecule has 0 aromatic rings. The summed E-state index contributed by atoms with van der Waals surface area (Å²) in [5.41, 5.74) is 2.39. The summed E-state index contributed by atoms with van der Waals surface area (Å²) in [5.74, 6) is 0.275. The summed E-state index contributed by atoms with van der Waals surface area (Å²) in [4.78, 5) is 0. The molecule has 0 N–H and O–H groups in total. The van der Waals surface area contributed by atoms with Crippen LogP contribution in [0.2, 0.25) is 0 Å². The highest BCUT2D eigenvalue weighted by Crippen LogP contribution is 2.59. The maximum absolute atomic E-state index is 6.10. The van der Waals surface area contributed by atoms with Crippen LogP contribution in [0.5, 0.6) is 0 Å².